The van der Waals surface area contributed by atoms with Crippen molar-refractivity contribution in [2.24, 2.45) is 12.0 Å². The smallest absolute Gasteiger partial charge is 0.346 e. The number of sulfone groups is 1. The second kappa shape index (κ2) is 16.4. The van der Waals surface area contributed by atoms with Crippen LogP contribution in [0.15, 0.2) is 60.2 Å². The van der Waals surface area contributed by atoms with Crippen LogP contribution in [0.1, 0.15) is 49.7 Å². The van der Waals surface area contributed by atoms with E-state index in [0.717, 1.165) is 35.8 Å². The van der Waals surface area contributed by atoms with Crippen molar-refractivity contribution < 1.29 is 43.6 Å². The topological polar surface area (TPSA) is 156 Å². The van der Waals surface area contributed by atoms with Crippen LogP contribution in [0.4, 0.5) is 27.8 Å². The van der Waals surface area contributed by atoms with Crippen molar-refractivity contribution in [1.82, 2.24) is 25.0 Å². The molecule has 0 unspecified atom stereocenters. The first kappa shape index (κ1) is 43.1. The summed E-state index contributed by atoms with van der Waals surface area (Å²) in [6, 6.07) is 7.63. The van der Waals surface area contributed by atoms with E-state index in [1.807, 2.05) is 0 Å². The van der Waals surface area contributed by atoms with Crippen molar-refractivity contribution in [2.75, 3.05) is 24.1 Å². The molecule has 2 aromatic heterocycles. The largest absolute Gasteiger partial charge is 0.408 e. The molecule has 1 fully saturated rings. The second-order valence-electron chi connectivity index (χ2n) is 13.8. The number of hydrogen-bond acceptors (Lipinski definition) is 8. The summed E-state index contributed by atoms with van der Waals surface area (Å²) in [6.45, 7) is 4.36. The fourth-order valence-corrected chi connectivity index (χ4v) is 8.47. The third-order valence-electron chi connectivity index (χ3n) is 8.69. The lowest BCUT2D eigenvalue weighted by Gasteiger charge is -2.24. The van der Waals surface area contributed by atoms with E-state index in [0.29, 0.717) is 30.0 Å². The number of nitrogens with one attached hydrogen (secondary N) is 2. The third kappa shape index (κ3) is 10.7. The summed E-state index contributed by atoms with van der Waals surface area (Å²) < 4.78 is 120. The second-order valence-corrected chi connectivity index (χ2v) is 18.8. The number of nitrogens with zero attached hydrogens (tertiary/aromatic N) is 5. The molecule has 0 saturated heterocycles. The number of benzene rings is 2. The Kier molecular flexibility index (Phi) is 12.4. The average Bonchev–Trinajstić information content (AvgIpc) is 3.90. The standard InChI is InChI=1S/C37H37ClF5N7O5S2/c1-6-50(21-44-20-37(41,42)43)19-31(51)46-30(17-22-15-23(39)18-24(40)16-22)33-27(10-7-25(45-33)13-14-36(2,3)57(54,55)26-8-9-26)28-11-12-29(38)32-34(28)49(4)47-35(32)48-56(5,52)53/h6-7,10-12,15-16,18,21,26,30H,1,8-9,17,19-20H2,2-5H3,(H,46,51)(H,47,48)/b44-21-/t30-/m0/s1. The molecule has 2 heterocycles. The number of carbonyl (C=O) groups excluding carboxylic acids is 1. The number of amides is 1. The summed E-state index contributed by atoms with van der Waals surface area (Å²) in [5, 5.41) is 6.90. The van der Waals surface area contributed by atoms with Gasteiger partial charge in [-0.1, -0.05) is 30.2 Å². The van der Waals surface area contributed by atoms with Gasteiger partial charge in [-0.15, -0.1) is 0 Å². The van der Waals surface area contributed by atoms with Gasteiger partial charge in [-0.25, -0.2) is 30.6 Å². The number of carbonyl (C=O) groups is 1. The molecular formula is C37H37ClF5N7O5S2. The first-order valence-electron chi connectivity index (χ1n) is 17.1. The van der Waals surface area contributed by atoms with Gasteiger partial charge in [0.05, 0.1) is 45.5 Å². The zero-order valence-electron chi connectivity index (χ0n) is 31.0. The normalized spacial score (nSPS) is 14.3. The van der Waals surface area contributed by atoms with E-state index in [1.54, 1.807) is 12.1 Å². The number of alkyl halides is 3. The van der Waals surface area contributed by atoms with E-state index in [2.05, 4.69) is 38.5 Å². The predicted octanol–water partition coefficient (Wildman–Crippen LogP) is 6.08. The maximum Gasteiger partial charge on any atom is 0.408 e. The lowest BCUT2D eigenvalue weighted by Crippen LogP contribution is -2.38. The Balaban J connectivity index is 1.71. The van der Waals surface area contributed by atoms with Gasteiger partial charge in [0.25, 0.3) is 0 Å². The minimum atomic E-state index is -4.60. The maximum atomic E-state index is 14.5. The molecule has 2 N–H and O–H groups in total. The Labute approximate surface area is 331 Å². The Bertz CT molecular complexity index is 2530. The van der Waals surface area contributed by atoms with Gasteiger partial charge in [0, 0.05) is 24.2 Å². The molecule has 5 rings (SSSR count). The minimum absolute atomic E-state index is 0.0548. The number of aromatic nitrogens is 3. The van der Waals surface area contributed by atoms with E-state index in [4.69, 9.17) is 16.6 Å². The molecule has 0 bridgehead atoms. The number of aliphatic imine (C=N–C) groups is 1. The van der Waals surface area contributed by atoms with Crippen LogP contribution in [-0.4, -0.2) is 84.3 Å². The van der Waals surface area contributed by atoms with Gasteiger partial charge >= 0.3 is 6.18 Å². The van der Waals surface area contributed by atoms with Crippen LogP contribution in [0.3, 0.4) is 0 Å². The van der Waals surface area contributed by atoms with Crippen LogP contribution in [0.5, 0.6) is 0 Å². The highest BCUT2D eigenvalue weighted by Crippen LogP contribution is 2.40. The molecule has 12 nitrogen and oxygen atoms in total. The first-order chi connectivity index (χ1) is 26.5. The molecule has 1 saturated carbocycles. The SMILES string of the molecule is C=CN(/C=N\CC(F)(F)F)CC(=O)N[C@@H](Cc1cc(F)cc(F)c1)c1nc(C#CC(C)(C)S(=O)(=O)C2CC2)ccc1-c1ccc(Cl)c2c(NS(C)(=O)=O)nn(C)c12. The molecular weight excluding hydrogens is 817 g/mol. The fraction of sp³-hybridized carbons (Fsp3) is 0.351. The number of sulfonamides is 1. The maximum absolute atomic E-state index is 14.5. The first-order valence-corrected chi connectivity index (χ1v) is 20.9. The van der Waals surface area contributed by atoms with Crippen molar-refractivity contribution in [2.45, 2.75) is 55.3 Å². The number of rotatable bonds is 14. The number of fused-ring (bicyclic) bond motifs is 1. The summed E-state index contributed by atoms with van der Waals surface area (Å²) in [7, 11) is -5.93. The summed E-state index contributed by atoms with van der Waals surface area (Å²) in [5.74, 6) is 2.92. The van der Waals surface area contributed by atoms with Gasteiger partial charge in [-0.3, -0.25) is 19.2 Å². The molecule has 20 heteroatoms. The monoisotopic (exact) mass is 853 g/mol. The summed E-state index contributed by atoms with van der Waals surface area (Å²) in [4.78, 5) is 22.7. The Hall–Kier alpha value is -5.06. The van der Waals surface area contributed by atoms with Crippen LogP contribution >= 0.6 is 11.6 Å². The molecule has 1 aliphatic rings. The Morgan fingerprint density at radius 3 is 2.35 bits per heavy atom. The van der Waals surface area contributed by atoms with Crippen molar-refractivity contribution >= 4 is 60.4 Å². The molecule has 0 aliphatic heterocycles. The van der Waals surface area contributed by atoms with E-state index in [1.165, 1.54) is 37.7 Å². The third-order valence-corrected chi connectivity index (χ3v) is 12.4. The molecule has 0 spiro atoms. The van der Waals surface area contributed by atoms with Crippen molar-refractivity contribution in [3.05, 3.63) is 88.9 Å². The fourth-order valence-electron chi connectivity index (χ4n) is 5.95. The molecule has 304 valence electrons. The highest BCUT2D eigenvalue weighted by atomic mass is 35.5. The number of anilines is 1. The minimum Gasteiger partial charge on any atom is -0.346 e. The molecule has 2 aromatic carbocycles. The van der Waals surface area contributed by atoms with Gasteiger partial charge < -0.3 is 10.2 Å². The van der Waals surface area contributed by atoms with Gasteiger partial charge in [-0.05, 0) is 81.1 Å². The summed E-state index contributed by atoms with van der Waals surface area (Å²) >= 11 is 6.58. The number of pyridine rings is 1. The van der Waals surface area contributed by atoms with Crippen LogP contribution in [0.2, 0.25) is 5.02 Å². The van der Waals surface area contributed by atoms with Crippen molar-refractivity contribution in [3.8, 4) is 23.0 Å². The van der Waals surface area contributed by atoms with Crippen molar-refractivity contribution in [1.29, 1.82) is 0 Å². The van der Waals surface area contributed by atoms with Gasteiger partial charge in [0.1, 0.15) is 35.2 Å². The summed E-state index contributed by atoms with van der Waals surface area (Å²) in [6.07, 6.45) is -1.07. The average molecular weight is 854 g/mol. The summed E-state index contributed by atoms with van der Waals surface area (Å²) in [5.41, 5.74) is 1.15. The predicted molar refractivity (Wildman–Crippen MR) is 208 cm³/mol. The molecule has 57 heavy (non-hydrogen) atoms. The van der Waals surface area contributed by atoms with E-state index >= 15 is 0 Å². The number of aryl methyl sites for hydroxylation is 1. The zero-order chi connectivity index (χ0) is 42.1. The van der Waals surface area contributed by atoms with Crippen LogP contribution in [0.25, 0.3) is 22.0 Å². The molecule has 1 aliphatic carbocycles. The van der Waals surface area contributed by atoms with Gasteiger partial charge in [0.2, 0.25) is 15.9 Å². The van der Waals surface area contributed by atoms with E-state index in [9.17, 15) is 43.6 Å². The molecule has 4 aromatic rings. The lowest BCUT2D eigenvalue weighted by atomic mass is 9.93. The molecule has 0 radical (unpaired) electrons. The number of hydrogen-bond donors (Lipinski definition) is 2. The van der Waals surface area contributed by atoms with E-state index in [-0.39, 0.29) is 45.2 Å². The Morgan fingerprint density at radius 1 is 1.11 bits per heavy atom. The van der Waals surface area contributed by atoms with Crippen LogP contribution < -0.4 is 10.0 Å². The molecule has 1 amide bonds. The highest BCUT2D eigenvalue weighted by molar-refractivity contribution is 7.93. The van der Waals surface area contributed by atoms with Crippen molar-refractivity contribution in [3.63, 3.8) is 0 Å². The number of halogens is 6. The Morgan fingerprint density at radius 2 is 1.75 bits per heavy atom. The van der Waals surface area contributed by atoms with Gasteiger partial charge in [-0.2, -0.15) is 18.3 Å². The van der Waals surface area contributed by atoms with E-state index < -0.39 is 72.7 Å². The molecule has 1 atom stereocenters. The van der Waals surface area contributed by atoms with Gasteiger partial charge in [0.15, 0.2) is 15.7 Å². The lowest BCUT2D eigenvalue weighted by molar-refractivity contribution is -0.121. The van der Waals surface area contributed by atoms with Crippen LogP contribution in [0, 0.1) is 23.5 Å². The highest BCUT2D eigenvalue weighted by Gasteiger charge is 2.45. The zero-order valence-corrected chi connectivity index (χ0v) is 33.3. The van der Waals surface area contributed by atoms with Crippen LogP contribution in [-0.2, 0) is 38.1 Å². The quantitative estimate of drug-likeness (QED) is 0.0670.